The maximum Gasteiger partial charge on any atom is 0.211 e. The van der Waals surface area contributed by atoms with E-state index in [-0.39, 0.29) is 17.2 Å². The summed E-state index contributed by atoms with van der Waals surface area (Å²) in [7, 11) is 0. The smallest absolute Gasteiger partial charge is 0.211 e. The number of unbranched alkanes of at least 4 members (excludes halogenated alkanes) is 1. The summed E-state index contributed by atoms with van der Waals surface area (Å²) in [6.07, 6.45) is 2.47. The molecular weight excluding hydrogens is 272 g/mol. The summed E-state index contributed by atoms with van der Waals surface area (Å²) >= 11 is 0. The van der Waals surface area contributed by atoms with Crippen molar-refractivity contribution >= 4 is 0 Å². The maximum atomic E-state index is 10.3. The highest BCUT2D eigenvalue weighted by atomic mass is 16.5. The van der Waals surface area contributed by atoms with Crippen molar-refractivity contribution in [3.8, 4) is 28.7 Å². The number of phenols is 2. The second-order valence-corrected chi connectivity index (χ2v) is 4.57. The summed E-state index contributed by atoms with van der Waals surface area (Å²) in [6.45, 7) is 8.79. The van der Waals surface area contributed by atoms with Gasteiger partial charge in [-0.1, -0.05) is 13.3 Å². The van der Waals surface area contributed by atoms with Crippen LogP contribution in [0.5, 0.6) is 28.7 Å². The fraction of sp³-hybridized carbons (Fsp3) is 0.625. The standard InChI is InChI=1S/C16H26O5/c1-5-9-10-11-12(17)13(18)15(20-7-3)16(21-8-4)14(11)19-6-2/h17-18H,5-10H2,1-4H3. The monoisotopic (exact) mass is 298 g/mol. The van der Waals surface area contributed by atoms with Crippen molar-refractivity contribution in [2.24, 2.45) is 0 Å². The number of hydrogen-bond acceptors (Lipinski definition) is 5. The van der Waals surface area contributed by atoms with Gasteiger partial charge in [-0.2, -0.15) is 0 Å². The van der Waals surface area contributed by atoms with E-state index in [0.717, 1.165) is 12.8 Å². The fourth-order valence-corrected chi connectivity index (χ4v) is 2.14. The minimum Gasteiger partial charge on any atom is -0.504 e. The number of aromatic hydroxyl groups is 2. The van der Waals surface area contributed by atoms with Gasteiger partial charge >= 0.3 is 0 Å². The number of benzene rings is 1. The summed E-state index contributed by atoms with van der Waals surface area (Å²) < 4.78 is 16.7. The van der Waals surface area contributed by atoms with E-state index in [2.05, 4.69) is 6.92 Å². The second kappa shape index (κ2) is 8.49. The maximum absolute atomic E-state index is 10.3. The first kappa shape index (κ1) is 17.3. The van der Waals surface area contributed by atoms with Gasteiger partial charge in [-0.05, 0) is 33.6 Å². The predicted molar refractivity (Wildman–Crippen MR) is 81.9 cm³/mol. The van der Waals surface area contributed by atoms with Gasteiger partial charge in [0.2, 0.25) is 17.2 Å². The lowest BCUT2D eigenvalue weighted by atomic mass is 10.0. The van der Waals surface area contributed by atoms with Crippen LogP contribution in [0.25, 0.3) is 0 Å². The zero-order valence-corrected chi connectivity index (χ0v) is 13.4. The number of phenolic OH excluding ortho intramolecular Hbond substituents is 2. The molecule has 0 spiro atoms. The van der Waals surface area contributed by atoms with Crippen molar-refractivity contribution in [3.05, 3.63) is 5.56 Å². The second-order valence-electron chi connectivity index (χ2n) is 4.57. The van der Waals surface area contributed by atoms with Crippen LogP contribution in [0.15, 0.2) is 0 Å². The van der Waals surface area contributed by atoms with Crippen LogP contribution in [0.1, 0.15) is 46.1 Å². The van der Waals surface area contributed by atoms with Crippen LogP contribution in [0.3, 0.4) is 0 Å². The summed E-state index contributed by atoms with van der Waals surface area (Å²) in [4.78, 5) is 0. The quantitative estimate of drug-likeness (QED) is 0.681. The highest BCUT2D eigenvalue weighted by molar-refractivity contribution is 5.69. The Hall–Kier alpha value is -1.78. The molecule has 1 aromatic carbocycles. The summed E-state index contributed by atoms with van der Waals surface area (Å²) in [5.41, 5.74) is 0.572. The third-order valence-corrected chi connectivity index (χ3v) is 3.06. The SMILES string of the molecule is CCCCc1c(O)c(O)c(OCC)c(OCC)c1OCC. The average molecular weight is 298 g/mol. The lowest BCUT2D eigenvalue weighted by Gasteiger charge is -2.21. The highest BCUT2D eigenvalue weighted by Crippen LogP contribution is 2.53. The van der Waals surface area contributed by atoms with Crippen LogP contribution in [0.2, 0.25) is 0 Å². The summed E-state index contributed by atoms with van der Waals surface area (Å²) in [6, 6.07) is 0. The Labute approximate surface area is 126 Å². The molecule has 120 valence electrons. The molecule has 0 unspecified atom stereocenters. The van der Waals surface area contributed by atoms with Gasteiger partial charge in [0.15, 0.2) is 11.5 Å². The Bertz CT molecular complexity index is 457. The Morgan fingerprint density at radius 1 is 0.714 bits per heavy atom. The number of rotatable bonds is 9. The Kier molecular flexibility index (Phi) is 6.99. The molecule has 0 aromatic heterocycles. The van der Waals surface area contributed by atoms with Crippen molar-refractivity contribution in [3.63, 3.8) is 0 Å². The lowest BCUT2D eigenvalue weighted by Crippen LogP contribution is -2.06. The van der Waals surface area contributed by atoms with Gasteiger partial charge in [0.05, 0.1) is 19.8 Å². The van der Waals surface area contributed by atoms with E-state index in [1.807, 2.05) is 13.8 Å². The van der Waals surface area contributed by atoms with Crippen molar-refractivity contribution < 1.29 is 24.4 Å². The topological polar surface area (TPSA) is 68.2 Å². The van der Waals surface area contributed by atoms with Gasteiger partial charge in [-0.3, -0.25) is 0 Å². The molecule has 0 aliphatic heterocycles. The average Bonchev–Trinajstić information content (AvgIpc) is 2.48. The Balaban J connectivity index is 3.47. The van der Waals surface area contributed by atoms with Gasteiger partial charge in [-0.25, -0.2) is 0 Å². The predicted octanol–water partition coefficient (Wildman–Crippen LogP) is 3.64. The van der Waals surface area contributed by atoms with Crippen LogP contribution in [-0.2, 0) is 6.42 Å². The number of ether oxygens (including phenoxy) is 3. The molecule has 5 nitrogen and oxygen atoms in total. The van der Waals surface area contributed by atoms with Gasteiger partial charge < -0.3 is 24.4 Å². The minimum atomic E-state index is -0.283. The van der Waals surface area contributed by atoms with E-state index < -0.39 is 0 Å². The van der Waals surface area contributed by atoms with Crippen molar-refractivity contribution in [1.29, 1.82) is 0 Å². The molecule has 0 atom stereocenters. The third kappa shape index (κ3) is 3.86. The molecule has 0 saturated heterocycles. The van der Waals surface area contributed by atoms with E-state index >= 15 is 0 Å². The van der Waals surface area contributed by atoms with Crippen molar-refractivity contribution in [1.82, 2.24) is 0 Å². The largest absolute Gasteiger partial charge is 0.504 e. The molecule has 21 heavy (non-hydrogen) atoms. The molecule has 0 saturated carbocycles. The Morgan fingerprint density at radius 2 is 1.24 bits per heavy atom. The number of hydrogen-bond donors (Lipinski definition) is 2. The van der Waals surface area contributed by atoms with Gasteiger partial charge in [0, 0.05) is 5.56 Å². The van der Waals surface area contributed by atoms with Gasteiger partial charge in [0.1, 0.15) is 0 Å². The van der Waals surface area contributed by atoms with Crippen LogP contribution in [0.4, 0.5) is 0 Å². The lowest BCUT2D eigenvalue weighted by molar-refractivity contribution is 0.245. The molecule has 0 aliphatic rings. The normalized spacial score (nSPS) is 10.5. The minimum absolute atomic E-state index is 0.139. The molecule has 0 radical (unpaired) electrons. The molecule has 1 aromatic rings. The van der Waals surface area contributed by atoms with Gasteiger partial charge in [-0.15, -0.1) is 0 Å². The van der Waals surface area contributed by atoms with E-state index in [9.17, 15) is 10.2 Å². The molecule has 1 rings (SSSR count). The summed E-state index contributed by atoms with van der Waals surface area (Å²) in [5.74, 6) is 0.503. The van der Waals surface area contributed by atoms with E-state index in [0.29, 0.717) is 43.3 Å². The van der Waals surface area contributed by atoms with Crippen LogP contribution in [0, 0.1) is 0 Å². The first-order valence-electron chi connectivity index (χ1n) is 7.61. The molecule has 0 aliphatic carbocycles. The van der Waals surface area contributed by atoms with E-state index in [1.54, 1.807) is 6.92 Å². The summed E-state index contributed by atoms with van der Waals surface area (Å²) in [5, 5.41) is 20.5. The molecule has 0 amide bonds. The highest BCUT2D eigenvalue weighted by Gasteiger charge is 2.26. The molecule has 0 fully saturated rings. The fourth-order valence-electron chi connectivity index (χ4n) is 2.14. The zero-order valence-electron chi connectivity index (χ0n) is 13.4. The first-order chi connectivity index (χ1) is 10.1. The van der Waals surface area contributed by atoms with Crippen molar-refractivity contribution in [2.45, 2.75) is 47.0 Å². The molecule has 2 N–H and O–H groups in total. The van der Waals surface area contributed by atoms with E-state index in [1.165, 1.54) is 0 Å². The van der Waals surface area contributed by atoms with E-state index in [4.69, 9.17) is 14.2 Å². The van der Waals surface area contributed by atoms with Gasteiger partial charge in [0.25, 0.3) is 0 Å². The molecule has 0 bridgehead atoms. The third-order valence-electron chi connectivity index (χ3n) is 3.06. The van der Waals surface area contributed by atoms with Crippen LogP contribution in [-0.4, -0.2) is 30.0 Å². The molecule has 0 heterocycles. The zero-order chi connectivity index (χ0) is 15.8. The Morgan fingerprint density at radius 3 is 1.76 bits per heavy atom. The van der Waals surface area contributed by atoms with Crippen molar-refractivity contribution in [2.75, 3.05) is 19.8 Å². The van der Waals surface area contributed by atoms with Crippen LogP contribution < -0.4 is 14.2 Å². The molecular formula is C16H26O5. The van der Waals surface area contributed by atoms with Crippen LogP contribution >= 0.6 is 0 Å². The first-order valence-corrected chi connectivity index (χ1v) is 7.61. The molecule has 5 heteroatoms.